The van der Waals surface area contributed by atoms with E-state index >= 15 is 0 Å². The first kappa shape index (κ1) is 78.0. The molecule has 0 saturated carbocycles. The van der Waals surface area contributed by atoms with Crippen molar-refractivity contribution in [2.24, 2.45) is 10.8 Å². The molecular formula is C76H94Cl8N2O2. The van der Waals surface area contributed by atoms with Crippen molar-refractivity contribution in [1.29, 1.82) is 0 Å². The van der Waals surface area contributed by atoms with E-state index in [1.165, 1.54) is 33.6 Å². The summed E-state index contributed by atoms with van der Waals surface area (Å²) in [5.74, 6) is 1.65. The molecule has 12 heteroatoms. The minimum Gasteiger partial charge on any atom is -1.00 e. The molecule has 0 aliphatic carbocycles. The lowest BCUT2D eigenvalue weighted by molar-refractivity contribution is -0.516. The Hall–Kier alpha value is -4.20. The van der Waals surface area contributed by atoms with Crippen molar-refractivity contribution in [2.75, 3.05) is 0 Å². The molecule has 4 nitrogen and oxygen atoms in total. The van der Waals surface area contributed by atoms with Crippen LogP contribution >= 0.6 is 69.6 Å². The van der Waals surface area contributed by atoms with Gasteiger partial charge in [-0.05, 0) is 82.8 Å². The highest BCUT2D eigenvalue weighted by Crippen LogP contribution is 2.52. The van der Waals surface area contributed by atoms with Crippen LogP contribution in [0.2, 0.25) is 0 Å². The van der Waals surface area contributed by atoms with Gasteiger partial charge in [-0.1, -0.05) is 310 Å². The Labute approximate surface area is 572 Å². The second-order valence-corrected chi connectivity index (χ2v) is 29.3. The number of allylic oxidation sites excluding steroid dienone is 2. The van der Waals surface area contributed by atoms with Gasteiger partial charge in [-0.25, -0.2) is 0 Å². The lowest BCUT2D eigenvalue weighted by Crippen LogP contribution is -3.00. The largest absolute Gasteiger partial charge is 1.00 e. The van der Waals surface area contributed by atoms with Gasteiger partial charge in [0.2, 0.25) is 34.4 Å². The third-order valence-electron chi connectivity index (χ3n) is 17.4. The first-order valence-corrected chi connectivity index (χ1v) is 33.4. The Kier molecular flexibility index (Phi) is 31.0. The summed E-state index contributed by atoms with van der Waals surface area (Å²) >= 11 is 28.8. The van der Waals surface area contributed by atoms with Crippen molar-refractivity contribution in [3.05, 3.63) is 214 Å². The molecule has 0 amide bonds. The number of ketones is 2. The van der Waals surface area contributed by atoms with E-state index in [-0.39, 0.29) is 58.3 Å². The van der Waals surface area contributed by atoms with E-state index in [0.717, 1.165) is 83.3 Å². The molecule has 0 unspecified atom stereocenters. The Bertz CT molecular complexity index is 2950. The molecular weight excluding hydrogens is 1260 g/mol. The number of hydrogen-bond donors (Lipinski definition) is 0. The van der Waals surface area contributed by atoms with Gasteiger partial charge in [0.15, 0.2) is 19.7 Å². The fraction of sp³-hybridized carbons (Fsp3) is 0.421. The van der Waals surface area contributed by atoms with Crippen molar-refractivity contribution in [2.45, 2.75) is 193 Å². The number of halogens is 8. The highest BCUT2D eigenvalue weighted by molar-refractivity contribution is 6.63. The second-order valence-electron chi connectivity index (χ2n) is 25.3. The lowest BCUT2D eigenvalue weighted by atomic mass is 9.72. The number of carbonyl (C=O) groups excluding carboxylic acids is 2. The van der Waals surface area contributed by atoms with Crippen molar-refractivity contribution in [1.82, 2.24) is 0 Å². The van der Waals surface area contributed by atoms with Gasteiger partial charge in [0, 0.05) is 74.9 Å². The molecule has 0 saturated heterocycles. The molecule has 8 rings (SSSR count). The van der Waals surface area contributed by atoms with E-state index in [1.54, 1.807) is 0 Å². The zero-order valence-electron chi connectivity index (χ0n) is 54.6. The average Bonchev–Trinajstić information content (AvgIpc) is 1.86. The van der Waals surface area contributed by atoms with Crippen LogP contribution in [0.3, 0.4) is 0 Å². The van der Waals surface area contributed by atoms with Crippen molar-refractivity contribution >= 4 is 115 Å². The van der Waals surface area contributed by atoms with Gasteiger partial charge in [-0.3, -0.25) is 9.59 Å². The second kappa shape index (κ2) is 35.0. The molecule has 0 N–H and O–H groups in total. The summed E-state index contributed by atoms with van der Waals surface area (Å²) in [6, 6.07) is 54.7. The van der Waals surface area contributed by atoms with Crippen LogP contribution in [0.25, 0.3) is 11.1 Å². The van der Waals surface area contributed by atoms with Crippen molar-refractivity contribution in [3.63, 3.8) is 0 Å². The topological polar surface area (TPSA) is 40.2 Å². The molecule has 0 spiro atoms. The summed E-state index contributed by atoms with van der Waals surface area (Å²) in [5, 5.41) is 0. The average molecular weight is 1350 g/mol. The van der Waals surface area contributed by atoms with Gasteiger partial charge in [0.1, 0.15) is 0 Å². The summed E-state index contributed by atoms with van der Waals surface area (Å²) < 4.78 is 3.44. The van der Waals surface area contributed by atoms with Crippen LogP contribution in [0.1, 0.15) is 217 Å². The molecule has 2 aliphatic rings. The number of carbonyl (C=O) groups is 2. The summed E-state index contributed by atoms with van der Waals surface area (Å²) in [5.41, 5.74) is 15.1. The molecule has 0 bridgehead atoms. The Morgan fingerprint density at radius 3 is 0.773 bits per heavy atom. The maximum Gasteiger partial charge on any atom is 0.246 e. The minimum atomic E-state index is -0.750. The van der Waals surface area contributed by atoms with Gasteiger partial charge in [-0.15, -0.1) is 0 Å². The predicted molar refractivity (Wildman–Crippen MR) is 375 cm³/mol. The fourth-order valence-corrected chi connectivity index (χ4v) is 13.4. The van der Waals surface area contributed by atoms with Crippen molar-refractivity contribution in [3.8, 4) is 0 Å². The standard InChI is InChI=1S/2C37H46NO.2CHCl3.2ClH/c2*1-9-37(10-2)25-36(7,8)38(34-30(26(3)4)22-17-23-31(34)27(5)6)35(37)33(39)24-32(28-18-13-11-14-19-28)29-20-15-12-16-21-29;2*2-1(3)4;;/h2*11-24,26-27H,9-10,25H2,1-8H3;2*1H;2*1H/q2*+1;;;;/p-2. The first-order valence-electron chi connectivity index (χ1n) is 30.8. The van der Waals surface area contributed by atoms with Gasteiger partial charge < -0.3 is 24.8 Å². The summed E-state index contributed by atoms with van der Waals surface area (Å²) in [7, 11) is 0. The SMILES string of the molecule is CCC1(CC)CC(C)(C)[N+](c2c(C(C)C)cccc2C(C)C)=C1C(=O)C=C(c1ccccc1)c1ccccc1.CCC1(CC)CC(C)(C)[N+](c2c(C(C)C)cccc2C(C)C)=C1C(=O)C=C(c1ccccc1)c1ccccc1.ClC(Cl)Cl.ClC(Cl)Cl.[Cl-].[Cl-]. The van der Waals surface area contributed by atoms with Crippen LogP contribution in [0.15, 0.2) is 170 Å². The van der Waals surface area contributed by atoms with Crippen LogP contribution in [0.4, 0.5) is 11.4 Å². The van der Waals surface area contributed by atoms with Gasteiger partial charge >= 0.3 is 0 Å². The third-order valence-corrected chi connectivity index (χ3v) is 17.4. The molecule has 0 atom stereocenters. The fourth-order valence-electron chi connectivity index (χ4n) is 13.4. The van der Waals surface area contributed by atoms with Crippen LogP contribution in [0.5, 0.6) is 0 Å². The predicted octanol–water partition coefficient (Wildman–Crippen LogP) is 17.4. The van der Waals surface area contributed by atoms with E-state index in [4.69, 9.17) is 69.6 Å². The van der Waals surface area contributed by atoms with Crippen molar-refractivity contribution < 1.29 is 43.6 Å². The Balaban J connectivity index is 0.000000402. The normalized spacial score (nSPS) is 15.1. The molecule has 0 radical (unpaired) electrons. The highest BCUT2D eigenvalue weighted by Gasteiger charge is 2.60. The maximum atomic E-state index is 14.8. The van der Waals surface area contributed by atoms with E-state index in [1.807, 2.05) is 84.9 Å². The molecule has 0 aromatic heterocycles. The molecule has 88 heavy (non-hydrogen) atoms. The quantitative estimate of drug-likeness (QED) is 0.0489. The molecule has 476 valence electrons. The molecule has 6 aromatic rings. The number of alkyl halides is 6. The first-order chi connectivity index (χ1) is 40.6. The summed E-state index contributed by atoms with van der Waals surface area (Å²) in [6.07, 6.45) is 9.49. The monoisotopic (exact) mass is 1350 g/mol. The van der Waals surface area contributed by atoms with Gasteiger partial charge in [0.25, 0.3) is 0 Å². The zero-order valence-corrected chi connectivity index (χ0v) is 60.7. The van der Waals surface area contributed by atoms with Crippen LogP contribution < -0.4 is 24.8 Å². The van der Waals surface area contributed by atoms with E-state index < -0.39 is 8.59 Å². The highest BCUT2D eigenvalue weighted by atomic mass is 35.6. The van der Waals surface area contributed by atoms with Crippen LogP contribution in [0, 0.1) is 10.8 Å². The number of benzene rings is 6. The smallest absolute Gasteiger partial charge is 0.246 e. The van der Waals surface area contributed by atoms with E-state index in [2.05, 4.69) is 205 Å². The zero-order chi connectivity index (χ0) is 63.9. The van der Waals surface area contributed by atoms with Gasteiger partial charge in [0.05, 0.1) is 10.8 Å². The number of para-hydroxylation sites is 2. The lowest BCUT2D eigenvalue weighted by Gasteiger charge is -2.24. The third kappa shape index (κ3) is 19.0. The number of nitrogens with zero attached hydrogens (tertiary/aromatic N) is 2. The Morgan fingerprint density at radius 2 is 0.591 bits per heavy atom. The maximum absolute atomic E-state index is 14.8. The van der Waals surface area contributed by atoms with E-state index in [0.29, 0.717) is 23.7 Å². The van der Waals surface area contributed by atoms with Crippen LogP contribution in [-0.4, -0.2) is 51.8 Å². The minimum absolute atomic E-state index is 0. The van der Waals surface area contributed by atoms with Crippen LogP contribution in [-0.2, 0) is 9.59 Å². The van der Waals surface area contributed by atoms with Gasteiger partial charge in [-0.2, -0.15) is 9.15 Å². The summed E-state index contributed by atoms with van der Waals surface area (Å²) in [4.78, 5) is 29.6. The Morgan fingerprint density at radius 1 is 0.386 bits per heavy atom. The molecule has 2 aliphatic heterocycles. The number of rotatable bonds is 18. The summed E-state index contributed by atoms with van der Waals surface area (Å²) in [6.45, 7) is 36.5. The van der Waals surface area contributed by atoms with E-state index in [9.17, 15) is 9.59 Å². The molecule has 2 heterocycles. The molecule has 6 aromatic carbocycles. The number of hydrogen-bond acceptors (Lipinski definition) is 2. The molecule has 0 fully saturated rings.